The predicted molar refractivity (Wildman–Crippen MR) is 80.8 cm³/mol. The Kier molecular flexibility index (Phi) is 4.06. The number of esters is 1. The van der Waals surface area contributed by atoms with Gasteiger partial charge in [-0.3, -0.25) is 14.9 Å². The minimum Gasteiger partial charge on any atom is -0.419 e. The van der Waals surface area contributed by atoms with E-state index in [1.807, 2.05) is 24.3 Å². The summed E-state index contributed by atoms with van der Waals surface area (Å²) in [4.78, 5) is 22.7. The highest BCUT2D eigenvalue weighted by Gasteiger charge is 2.29. The number of halogens is 1. The van der Waals surface area contributed by atoms with Crippen molar-refractivity contribution in [3.8, 4) is 5.75 Å². The molecule has 0 amide bonds. The van der Waals surface area contributed by atoms with Crippen molar-refractivity contribution in [1.29, 1.82) is 0 Å². The third-order valence-corrected chi connectivity index (χ3v) is 3.98. The van der Waals surface area contributed by atoms with E-state index in [0.29, 0.717) is 6.42 Å². The van der Waals surface area contributed by atoms with Gasteiger partial charge in [-0.05, 0) is 36.5 Å². The maximum absolute atomic E-state index is 13.3. The first-order valence-electron chi connectivity index (χ1n) is 7.29. The quantitative estimate of drug-likeness (QED) is 0.374. The van der Waals surface area contributed by atoms with Crippen molar-refractivity contribution in [3.05, 3.63) is 69.5 Å². The van der Waals surface area contributed by atoms with Crippen LogP contribution in [0.25, 0.3) is 0 Å². The second kappa shape index (κ2) is 6.16. The maximum atomic E-state index is 13.3. The molecule has 3 rings (SSSR count). The lowest BCUT2D eigenvalue weighted by atomic mass is 9.83. The minimum absolute atomic E-state index is 0.358. The SMILES string of the molecule is O=C(Oc1cc(F)ccc1[N+](=O)[O-])C1CCCc2ccccc21. The highest BCUT2D eigenvalue weighted by Crippen LogP contribution is 2.34. The number of rotatable bonds is 3. The molecule has 6 heteroatoms. The number of benzene rings is 2. The van der Waals surface area contributed by atoms with Crippen LogP contribution in [0.3, 0.4) is 0 Å². The van der Waals surface area contributed by atoms with Gasteiger partial charge in [-0.25, -0.2) is 4.39 Å². The molecule has 1 atom stereocenters. The molecular formula is C17H14FNO4. The Balaban J connectivity index is 1.89. The van der Waals surface area contributed by atoms with E-state index in [4.69, 9.17) is 4.74 Å². The van der Waals surface area contributed by atoms with E-state index in [1.54, 1.807) is 0 Å². The number of hydrogen-bond donors (Lipinski definition) is 0. The molecule has 2 aromatic rings. The second-order valence-electron chi connectivity index (χ2n) is 5.43. The van der Waals surface area contributed by atoms with Crippen molar-refractivity contribution in [3.63, 3.8) is 0 Å². The van der Waals surface area contributed by atoms with Crippen LogP contribution in [0.1, 0.15) is 29.9 Å². The summed E-state index contributed by atoms with van der Waals surface area (Å²) in [5, 5.41) is 11.0. The van der Waals surface area contributed by atoms with E-state index in [-0.39, 0.29) is 5.75 Å². The molecule has 0 aromatic heterocycles. The van der Waals surface area contributed by atoms with Crippen molar-refractivity contribution >= 4 is 11.7 Å². The summed E-state index contributed by atoms with van der Waals surface area (Å²) in [6.45, 7) is 0. The number of nitro groups is 1. The van der Waals surface area contributed by atoms with Crippen molar-refractivity contribution < 1.29 is 18.8 Å². The Hall–Kier alpha value is -2.76. The van der Waals surface area contributed by atoms with Gasteiger partial charge in [0.05, 0.1) is 10.8 Å². The van der Waals surface area contributed by atoms with Gasteiger partial charge >= 0.3 is 11.7 Å². The van der Waals surface area contributed by atoms with Crippen LogP contribution in [0, 0.1) is 15.9 Å². The average molecular weight is 315 g/mol. The molecular weight excluding hydrogens is 301 g/mol. The molecule has 0 saturated carbocycles. The molecule has 118 valence electrons. The number of carbonyl (C=O) groups excluding carboxylic acids is 1. The third-order valence-electron chi connectivity index (χ3n) is 3.98. The predicted octanol–water partition coefficient (Wildman–Crippen LogP) is 3.76. The van der Waals surface area contributed by atoms with Crippen LogP contribution < -0.4 is 4.74 Å². The maximum Gasteiger partial charge on any atom is 0.319 e. The molecule has 0 bridgehead atoms. The summed E-state index contributed by atoms with van der Waals surface area (Å²) >= 11 is 0. The van der Waals surface area contributed by atoms with Gasteiger partial charge in [0.25, 0.3) is 0 Å². The number of nitrogens with zero attached hydrogens (tertiary/aromatic N) is 1. The second-order valence-corrected chi connectivity index (χ2v) is 5.43. The molecule has 1 aliphatic rings. The zero-order chi connectivity index (χ0) is 16.4. The van der Waals surface area contributed by atoms with E-state index < -0.39 is 28.3 Å². The number of ether oxygens (including phenoxy) is 1. The summed E-state index contributed by atoms with van der Waals surface area (Å²) in [6, 6.07) is 10.4. The van der Waals surface area contributed by atoms with Crippen LogP contribution in [0.15, 0.2) is 42.5 Å². The van der Waals surface area contributed by atoms with Crippen LogP contribution in [0.4, 0.5) is 10.1 Å². The Morgan fingerprint density at radius 1 is 1.26 bits per heavy atom. The molecule has 5 nitrogen and oxygen atoms in total. The van der Waals surface area contributed by atoms with Gasteiger partial charge in [-0.15, -0.1) is 0 Å². The van der Waals surface area contributed by atoms with Gasteiger partial charge in [0, 0.05) is 12.1 Å². The third kappa shape index (κ3) is 3.06. The molecule has 0 radical (unpaired) electrons. The fraction of sp³-hybridized carbons (Fsp3) is 0.235. The largest absolute Gasteiger partial charge is 0.419 e. The van der Waals surface area contributed by atoms with Crippen LogP contribution in [0.2, 0.25) is 0 Å². The highest BCUT2D eigenvalue weighted by molar-refractivity contribution is 5.82. The van der Waals surface area contributed by atoms with E-state index in [2.05, 4.69) is 0 Å². The van der Waals surface area contributed by atoms with Gasteiger partial charge in [0.1, 0.15) is 5.82 Å². The van der Waals surface area contributed by atoms with E-state index in [1.165, 1.54) is 0 Å². The van der Waals surface area contributed by atoms with E-state index in [9.17, 15) is 19.3 Å². The first-order valence-corrected chi connectivity index (χ1v) is 7.29. The Bertz CT molecular complexity index is 775. The number of hydrogen-bond acceptors (Lipinski definition) is 4. The van der Waals surface area contributed by atoms with Crippen molar-refractivity contribution in [2.75, 3.05) is 0 Å². The summed E-state index contributed by atoms with van der Waals surface area (Å²) in [5.41, 5.74) is 1.53. The minimum atomic E-state index is -0.698. The Morgan fingerprint density at radius 3 is 2.83 bits per heavy atom. The first kappa shape index (κ1) is 15.1. The lowest BCUT2D eigenvalue weighted by Gasteiger charge is -2.23. The van der Waals surface area contributed by atoms with Gasteiger partial charge in [0.15, 0.2) is 0 Å². The fourth-order valence-corrected chi connectivity index (χ4v) is 2.90. The summed E-state index contributed by atoms with van der Waals surface area (Å²) in [6.07, 6.45) is 2.33. The lowest BCUT2D eigenvalue weighted by Crippen LogP contribution is -2.23. The number of carbonyl (C=O) groups is 1. The molecule has 0 N–H and O–H groups in total. The molecule has 0 aliphatic heterocycles. The molecule has 23 heavy (non-hydrogen) atoms. The molecule has 0 spiro atoms. The van der Waals surface area contributed by atoms with Crippen LogP contribution >= 0.6 is 0 Å². The topological polar surface area (TPSA) is 69.4 Å². The molecule has 1 aliphatic carbocycles. The lowest BCUT2D eigenvalue weighted by molar-refractivity contribution is -0.385. The van der Waals surface area contributed by atoms with Crippen molar-refractivity contribution in [2.24, 2.45) is 0 Å². The Morgan fingerprint density at radius 2 is 2.04 bits per heavy atom. The van der Waals surface area contributed by atoms with Crippen LogP contribution in [-0.2, 0) is 11.2 Å². The van der Waals surface area contributed by atoms with Gasteiger partial charge in [0.2, 0.25) is 5.75 Å². The van der Waals surface area contributed by atoms with E-state index in [0.717, 1.165) is 42.2 Å². The average Bonchev–Trinajstić information content (AvgIpc) is 2.54. The van der Waals surface area contributed by atoms with Crippen molar-refractivity contribution in [1.82, 2.24) is 0 Å². The summed E-state index contributed by atoms with van der Waals surface area (Å²) in [5.74, 6) is -2.13. The normalized spacial score (nSPS) is 16.5. The summed E-state index contributed by atoms with van der Waals surface area (Å²) < 4.78 is 18.5. The van der Waals surface area contributed by atoms with Crippen LogP contribution in [0.5, 0.6) is 5.75 Å². The van der Waals surface area contributed by atoms with Crippen LogP contribution in [-0.4, -0.2) is 10.9 Å². The summed E-state index contributed by atoms with van der Waals surface area (Å²) in [7, 11) is 0. The molecule has 1 unspecified atom stereocenters. The zero-order valence-corrected chi connectivity index (χ0v) is 12.2. The molecule has 0 heterocycles. The van der Waals surface area contributed by atoms with Crippen molar-refractivity contribution in [2.45, 2.75) is 25.2 Å². The van der Waals surface area contributed by atoms with Gasteiger partial charge < -0.3 is 4.74 Å². The number of fused-ring (bicyclic) bond motifs is 1. The van der Waals surface area contributed by atoms with E-state index >= 15 is 0 Å². The first-order chi connectivity index (χ1) is 11.1. The van der Waals surface area contributed by atoms with Gasteiger partial charge in [-0.1, -0.05) is 24.3 Å². The zero-order valence-electron chi connectivity index (χ0n) is 12.2. The fourth-order valence-electron chi connectivity index (χ4n) is 2.90. The standard InChI is InChI=1S/C17H14FNO4/c18-12-8-9-15(19(21)22)16(10-12)23-17(20)14-7-3-5-11-4-1-2-6-13(11)14/h1-2,4,6,8-10,14H,3,5,7H2. The molecule has 0 fully saturated rings. The number of nitro benzene ring substituents is 1. The molecule has 0 saturated heterocycles. The smallest absolute Gasteiger partial charge is 0.319 e. The highest BCUT2D eigenvalue weighted by atomic mass is 19.1. The molecule has 2 aromatic carbocycles. The monoisotopic (exact) mass is 315 g/mol. The Labute approximate surface area is 131 Å². The number of aryl methyl sites for hydroxylation is 1. The van der Waals surface area contributed by atoms with Gasteiger partial charge in [-0.2, -0.15) is 0 Å².